The highest BCUT2D eigenvalue weighted by Crippen LogP contribution is 2.46. The molecule has 0 fully saturated rings. The van der Waals surface area contributed by atoms with Crippen molar-refractivity contribution in [1.29, 1.82) is 0 Å². The van der Waals surface area contributed by atoms with E-state index in [0.717, 1.165) is 0 Å². The standard InChI is InChI=1S/C46H26S2/c1-2-7-29-25-43-41(23-28(29)6-1)45-46(47-43)42-24-36-15-14-34(22-38(36)26-44(42)48-45)32-12-10-31-20-33(13-11-30(31)19-32)35-17-18-40-37(21-35)16-9-27-5-3-4-8-39(27)40/h1-26H. The molecule has 0 saturated heterocycles. The lowest BCUT2D eigenvalue weighted by atomic mass is 9.94. The number of rotatable bonds is 2. The molecule has 0 radical (unpaired) electrons. The molecule has 2 heteroatoms. The van der Waals surface area contributed by atoms with Crippen molar-refractivity contribution in [3.63, 3.8) is 0 Å². The Morgan fingerprint density at radius 2 is 0.646 bits per heavy atom. The van der Waals surface area contributed by atoms with Crippen molar-refractivity contribution in [2.24, 2.45) is 0 Å². The van der Waals surface area contributed by atoms with E-state index in [-0.39, 0.29) is 0 Å². The summed E-state index contributed by atoms with van der Waals surface area (Å²) in [5.74, 6) is 0. The Bertz CT molecular complexity index is 3120. The molecule has 0 N–H and O–H groups in total. The molecule has 0 aliphatic rings. The molecule has 0 unspecified atom stereocenters. The number of benzene rings is 9. The Morgan fingerprint density at radius 1 is 0.250 bits per heavy atom. The molecule has 2 heterocycles. The lowest BCUT2D eigenvalue weighted by Gasteiger charge is -2.10. The lowest BCUT2D eigenvalue weighted by Crippen LogP contribution is -1.84. The topological polar surface area (TPSA) is 0 Å². The van der Waals surface area contributed by atoms with Crippen LogP contribution < -0.4 is 0 Å². The van der Waals surface area contributed by atoms with Gasteiger partial charge in [-0.15, -0.1) is 22.7 Å². The number of fused-ring (bicyclic) bond motifs is 11. The van der Waals surface area contributed by atoms with E-state index < -0.39 is 0 Å². The van der Waals surface area contributed by atoms with Gasteiger partial charge in [-0.2, -0.15) is 0 Å². The zero-order chi connectivity index (χ0) is 31.3. The molecule has 0 atom stereocenters. The average Bonchev–Trinajstić information content (AvgIpc) is 3.67. The van der Waals surface area contributed by atoms with Crippen LogP contribution in [0, 0.1) is 0 Å². The Balaban J connectivity index is 0.962. The van der Waals surface area contributed by atoms with Crippen molar-refractivity contribution in [2.45, 2.75) is 0 Å². The maximum atomic E-state index is 2.40. The van der Waals surface area contributed by atoms with Crippen molar-refractivity contribution >= 4 is 106 Å². The number of hydrogen-bond acceptors (Lipinski definition) is 2. The molecule has 11 rings (SSSR count). The van der Waals surface area contributed by atoms with E-state index in [9.17, 15) is 0 Å². The summed E-state index contributed by atoms with van der Waals surface area (Å²) in [6.45, 7) is 0. The van der Waals surface area contributed by atoms with Crippen LogP contribution in [0.4, 0.5) is 0 Å². The first kappa shape index (κ1) is 26.5. The maximum absolute atomic E-state index is 2.40. The predicted molar refractivity (Wildman–Crippen MR) is 213 cm³/mol. The molecule has 0 amide bonds. The minimum atomic E-state index is 1.25. The summed E-state index contributed by atoms with van der Waals surface area (Å²) in [6.07, 6.45) is 0. The van der Waals surface area contributed by atoms with E-state index in [2.05, 4.69) is 158 Å². The first-order chi connectivity index (χ1) is 23.7. The molecule has 0 nitrogen and oxygen atoms in total. The highest BCUT2D eigenvalue weighted by Gasteiger charge is 2.14. The Morgan fingerprint density at radius 3 is 1.29 bits per heavy atom. The van der Waals surface area contributed by atoms with Crippen LogP contribution in [-0.4, -0.2) is 0 Å². The summed E-state index contributed by atoms with van der Waals surface area (Å²) < 4.78 is 5.57. The summed E-state index contributed by atoms with van der Waals surface area (Å²) >= 11 is 3.87. The van der Waals surface area contributed by atoms with Gasteiger partial charge in [0.25, 0.3) is 0 Å². The van der Waals surface area contributed by atoms with Crippen LogP contribution >= 0.6 is 22.7 Å². The van der Waals surface area contributed by atoms with Gasteiger partial charge in [-0.1, -0.05) is 109 Å². The monoisotopic (exact) mass is 642 g/mol. The fourth-order valence-corrected chi connectivity index (χ4v) is 10.4. The fraction of sp³-hybridized carbons (Fsp3) is 0. The summed E-state index contributed by atoms with van der Waals surface area (Å²) in [7, 11) is 0. The Labute approximate surface area is 284 Å². The zero-order valence-electron chi connectivity index (χ0n) is 25.8. The van der Waals surface area contributed by atoms with Crippen LogP contribution in [0.2, 0.25) is 0 Å². The van der Waals surface area contributed by atoms with Crippen LogP contribution in [0.1, 0.15) is 0 Å². The van der Waals surface area contributed by atoms with Gasteiger partial charge in [0, 0.05) is 20.2 Å². The van der Waals surface area contributed by atoms with E-state index in [1.165, 1.54) is 106 Å². The predicted octanol–water partition coefficient (Wildman–Crippen LogP) is 14.4. The van der Waals surface area contributed by atoms with Gasteiger partial charge in [0.1, 0.15) is 0 Å². The smallest absolute Gasteiger partial charge is 0.0542 e. The molecule has 0 aliphatic heterocycles. The molecule has 0 saturated carbocycles. The van der Waals surface area contributed by atoms with E-state index >= 15 is 0 Å². The highest BCUT2D eigenvalue weighted by atomic mass is 32.1. The second-order valence-electron chi connectivity index (χ2n) is 13.0. The molecular formula is C46H26S2. The van der Waals surface area contributed by atoms with Crippen LogP contribution in [-0.2, 0) is 0 Å². The highest BCUT2D eigenvalue weighted by molar-refractivity contribution is 7.36. The van der Waals surface area contributed by atoms with Crippen molar-refractivity contribution in [1.82, 2.24) is 0 Å². The average molecular weight is 643 g/mol. The molecule has 9 aromatic carbocycles. The van der Waals surface area contributed by atoms with Crippen molar-refractivity contribution in [3.05, 3.63) is 158 Å². The molecule has 222 valence electrons. The zero-order valence-corrected chi connectivity index (χ0v) is 27.5. The largest absolute Gasteiger partial charge is 0.134 e. The second kappa shape index (κ2) is 9.98. The maximum Gasteiger partial charge on any atom is 0.0542 e. The third kappa shape index (κ3) is 4.00. The van der Waals surface area contributed by atoms with E-state index in [0.29, 0.717) is 0 Å². The van der Waals surface area contributed by atoms with E-state index in [1.54, 1.807) is 0 Å². The van der Waals surface area contributed by atoms with Crippen molar-refractivity contribution in [2.75, 3.05) is 0 Å². The van der Waals surface area contributed by atoms with Crippen LogP contribution in [0.15, 0.2) is 158 Å². The van der Waals surface area contributed by atoms with Gasteiger partial charge in [-0.3, -0.25) is 0 Å². The SMILES string of the molecule is c1ccc2cc3c(cc2c1)sc1c2cc4ccc(-c5ccc6cc(-c7ccc8c(ccc9ccccc98)c7)ccc6c5)cc4cc2sc31. The molecule has 0 bridgehead atoms. The molecule has 2 aromatic heterocycles. The summed E-state index contributed by atoms with van der Waals surface area (Å²) in [5.41, 5.74) is 5.00. The Hall–Kier alpha value is -5.54. The van der Waals surface area contributed by atoms with Gasteiger partial charge in [-0.05, 0) is 125 Å². The van der Waals surface area contributed by atoms with Gasteiger partial charge in [0.05, 0.1) is 9.40 Å². The Kier molecular flexibility index (Phi) is 5.51. The third-order valence-corrected chi connectivity index (χ3v) is 12.7. The van der Waals surface area contributed by atoms with Crippen LogP contribution in [0.25, 0.3) is 106 Å². The molecule has 11 aromatic rings. The first-order valence-electron chi connectivity index (χ1n) is 16.4. The quantitative estimate of drug-likeness (QED) is 0.165. The number of hydrogen-bond donors (Lipinski definition) is 0. The van der Waals surface area contributed by atoms with E-state index in [1.807, 2.05) is 22.7 Å². The molecule has 48 heavy (non-hydrogen) atoms. The van der Waals surface area contributed by atoms with Gasteiger partial charge in [0.2, 0.25) is 0 Å². The summed E-state index contributed by atoms with van der Waals surface area (Å²) in [6, 6.07) is 58.9. The van der Waals surface area contributed by atoms with Crippen molar-refractivity contribution < 1.29 is 0 Å². The third-order valence-electron chi connectivity index (χ3n) is 10.2. The molecule has 0 spiro atoms. The van der Waals surface area contributed by atoms with Crippen molar-refractivity contribution in [3.8, 4) is 22.3 Å². The van der Waals surface area contributed by atoms with Crippen LogP contribution in [0.3, 0.4) is 0 Å². The number of thiophene rings is 2. The van der Waals surface area contributed by atoms with Gasteiger partial charge < -0.3 is 0 Å². The van der Waals surface area contributed by atoms with Gasteiger partial charge in [0.15, 0.2) is 0 Å². The second-order valence-corrected chi connectivity index (χ2v) is 15.1. The van der Waals surface area contributed by atoms with Crippen LogP contribution in [0.5, 0.6) is 0 Å². The molecular weight excluding hydrogens is 617 g/mol. The first-order valence-corrected chi connectivity index (χ1v) is 18.0. The van der Waals surface area contributed by atoms with E-state index in [4.69, 9.17) is 0 Å². The van der Waals surface area contributed by atoms with Gasteiger partial charge >= 0.3 is 0 Å². The summed E-state index contributed by atoms with van der Waals surface area (Å²) in [5, 5.41) is 15.7. The summed E-state index contributed by atoms with van der Waals surface area (Å²) in [4.78, 5) is 0. The minimum Gasteiger partial charge on any atom is -0.134 e. The minimum absolute atomic E-state index is 1.25. The normalized spacial score (nSPS) is 12.2. The van der Waals surface area contributed by atoms with Gasteiger partial charge in [-0.25, -0.2) is 0 Å². The lowest BCUT2D eigenvalue weighted by molar-refractivity contribution is 1.66. The fourth-order valence-electron chi connectivity index (χ4n) is 7.66. The molecule has 0 aliphatic carbocycles.